The van der Waals surface area contributed by atoms with Crippen LogP contribution in [0.4, 0.5) is 4.79 Å². The van der Waals surface area contributed by atoms with Crippen LogP contribution in [0.15, 0.2) is 18.2 Å². The van der Waals surface area contributed by atoms with Gasteiger partial charge in [0.05, 0.1) is 6.54 Å². The number of ether oxygens (including phenoxy) is 1. The second kappa shape index (κ2) is 5.98. The fraction of sp³-hybridized carbons (Fsp3) is 0.438. The van der Waals surface area contributed by atoms with Crippen molar-refractivity contribution in [1.29, 1.82) is 0 Å². The van der Waals surface area contributed by atoms with E-state index in [9.17, 15) is 4.79 Å². The summed E-state index contributed by atoms with van der Waals surface area (Å²) in [7, 11) is 5.38. The van der Waals surface area contributed by atoms with Gasteiger partial charge < -0.3 is 9.64 Å². The van der Waals surface area contributed by atoms with Crippen molar-refractivity contribution >= 4 is 6.09 Å². The molecule has 0 N–H and O–H groups in total. The van der Waals surface area contributed by atoms with E-state index in [0.717, 1.165) is 18.4 Å². The number of hydrogen-bond donors (Lipinski definition) is 0. The minimum Gasteiger partial charge on any atom is -0.410 e. The lowest BCUT2D eigenvalue weighted by molar-refractivity contribution is 0.171. The molecule has 0 radical (unpaired) electrons. The van der Waals surface area contributed by atoms with Gasteiger partial charge in [0, 0.05) is 20.1 Å². The summed E-state index contributed by atoms with van der Waals surface area (Å²) in [5.41, 5.74) is 2.34. The van der Waals surface area contributed by atoms with Crippen molar-refractivity contribution in [2.45, 2.75) is 18.9 Å². The minimum atomic E-state index is -0.348. The summed E-state index contributed by atoms with van der Waals surface area (Å²) in [4.78, 5) is 15.3. The quantitative estimate of drug-likeness (QED) is 0.792. The smallest absolute Gasteiger partial charge is 0.410 e. The van der Waals surface area contributed by atoms with Gasteiger partial charge in [-0.1, -0.05) is 18.1 Å². The number of amides is 1. The van der Waals surface area contributed by atoms with Crippen LogP contribution in [0.2, 0.25) is 0 Å². The van der Waals surface area contributed by atoms with Crippen LogP contribution in [0.1, 0.15) is 23.6 Å². The van der Waals surface area contributed by atoms with Gasteiger partial charge in [-0.25, -0.2) is 4.79 Å². The molecule has 0 spiro atoms. The van der Waals surface area contributed by atoms with Gasteiger partial charge >= 0.3 is 6.09 Å². The highest BCUT2D eigenvalue weighted by Gasteiger charge is 2.28. The van der Waals surface area contributed by atoms with Gasteiger partial charge in [0.15, 0.2) is 0 Å². The maximum Gasteiger partial charge on any atom is 0.414 e. The first-order valence-electron chi connectivity index (χ1n) is 6.69. The van der Waals surface area contributed by atoms with E-state index in [4.69, 9.17) is 11.2 Å². The van der Waals surface area contributed by atoms with Crippen LogP contribution in [0.5, 0.6) is 5.75 Å². The molecule has 0 saturated heterocycles. The van der Waals surface area contributed by atoms with E-state index in [-0.39, 0.29) is 6.09 Å². The lowest BCUT2D eigenvalue weighted by Crippen LogP contribution is -2.26. The number of nitrogens with zero attached hydrogens (tertiary/aromatic N) is 2. The van der Waals surface area contributed by atoms with E-state index in [1.807, 2.05) is 19.2 Å². The fourth-order valence-electron chi connectivity index (χ4n) is 2.59. The summed E-state index contributed by atoms with van der Waals surface area (Å²) in [6, 6.07) is 6.18. The van der Waals surface area contributed by atoms with Crippen molar-refractivity contribution in [3.05, 3.63) is 29.3 Å². The van der Waals surface area contributed by atoms with E-state index in [1.165, 1.54) is 10.5 Å². The van der Waals surface area contributed by atoms with Gasteiger partial charge in [-0.2, -0.15) is 0 Å². The zero-order valence-corrected chi connectivity index (χ0v) is 12.2. The van der Waals surface area contributed by atoms with Crippen LogP contribution in [-0.2, 0) is 6.42 Å². The zero-order valence-electron chi connectivity index (χ0n) is 12.2. The van der Waals surface area contributed by atoms with Gasteiger partial charge in [-0.15, -0.1) is 6.42 Å². The molecule has 20 heavy (non-hydrogen) atoms. The van der Waals surface area contributed by atoms with Crippen LogP contribution in [-0.4, -0.2) is 43.6 Å². The number of hydrogen-bond acceptors (Lipinski definition) is 3. The van der Waals surface area contributed by atoms with Gasteiger partial charge in [0.2, 0.25) is 0 Å². The highest BCUT2D eigenvalue weighted by Crippen LogP contribution is 2.39. The summed E-state index contributed by atoms with van der Waals surface area (Å²) in [5, 5.41) is 0. The number of fused-ring (bicyclic) bond motifs is 1. The summed E-state index contributed by atoms with van der Waals surface area (Å²) in [6.07, 6.45) is 6.94. The average Bonchev–Trinajstić information content (AvgIpc) is 2.83. The summed E-state index contributed by atoms with van der Waals surface area (Å²) in [6.45, 7) is 0.617. The molecule has 0 heterocycles. The highest BCUT2D eigenvalue weighted by atomic mass is 16.6. The Morgan fingerprint density at radius 3 is 2.85 bits per heavy atom. The first-order valence-corrected chi connectivity index (χ1v) is 6.69. The Hall–Kier alpha value is -1.99. The van der Waals surface area contributed by atoms with E-state index in [0.29, 0.717) is 18.3 Å². The van der Waals surface area contributed by atoms with Crippen molar-refractivity contribution in [3.63, 3.8) is 0 Å². The largest absolute Gasteiger partial charge is 0.414 e. The monoisotopic (exact) mass is 272 g/mol. The fourth-order valence-corrected chi connectivity index (χ4v) is 2.59. The normalized spacial score (nSPS) is 16.6. The Morgan fingerprint density at radius 2 is 2.20 bits per heavy atom. The Labute approximate surface area is 120 Å². The van der Waals surface area contributed by atoms with Gasteiger partial charge in [0.25, 0.3) is 0 Å². The Kier molecular flexibility index (Phi) is 4.31. The maximum absolute atomic E-state index is 11.7. The molecule has 0 aliphatic heterocycles. The third kappa shape index (κ3) is 2.78. The molecule has 106 valence electrons. The Morgan fingerprint density at radius 1 is 1.45 bits per heavy atom. The van der Waals surface area contributed by atoms with Crippen LogP contribution in [0, 0.1) is 12.3 Å². The second-order valence-corrected chi connectivity index (χ2v) is 5.26. The van der Waals surface area contributed by atoms with Gasteiger partial charge in [0.1, 0.15) is 5.75 Å². The molecule has 0 bridgehead atoms. The SMILES string of the molecule is C#CCN(C)C1CCc2c(OC(=O)N(C)C)cccc21. The summed E-state index contributed by atoms with van der Waals surface area (Å²) < 4.78 is 5.43. The van der Waals surface area contributed by atoms with Crippen LogP contribution >= 0.6 is 0 Å². The lowest BCUT2D eigenvalue weighted by atomic mass is 10.1. The van der Waals surface area contributed by atoms with Crippen molar-refractivity contribution < 1.29 is 9.53 Å². The standard InChI is InChI=1S/C16H20N2O2/c1-5-11-18(4)14-10-9-13-12(14)7-6-8-15(13)20-16(19)17(2)3/h1,6-8,14H,9-11H2,2-4H3. The number of terminal acetylenes is 1. The molecule has 1 aromatic rings. The third-order valence-corrected chi connectivity index (χ3v) is 3.63. The molecule has 0 saturated carbocycles. The number of carbonyl (C=O) groups is 1. The highest BCUT2D eigenvalue weighted by molar-refractivity contribution is 5.70. The van der Waals surface area contributed by atoms with E-state index in [2.05, 4.69) is 16.9 Å². The Balaban J connectivity index is 2.24. The molecule has 2 rings (SSSR count). The molecule has 1 aromatic carbocycles. The van der Waals surface area contributed by atoms with Crippen LogP contribution in [0.25, 0.3) is 0 Å². The summed E-state index contributed by atoms with van der Waals surface area (Å²) in [5.74, 6) is 3.34. The van der Waals surface area contributed by atoms with Crippen LogP contribution in [0.3, 0.4) is 0 Å². The maximum atomic E-state index is 11.7. The van der Waals surface area contributed by atoms with Crippen molar-refractivity contribution in [1.82, 2.24) is 9.80 Å². The number of rotatable bonds is 3. The van der Waals surface area contributed by atoms with E-state index >= 15 is 0 Å². The van der Waals surface area contributed by atoms with E-state index in [1.54, 1.807) is 14.1 Å². The van der Waals surface area contributed by atoms with Crippen molar-refractivity contribution in [3.8, 4) is 18.1 Å². The van der Waals surface area contributed by atoms with Gasteiger partial charge in [-0.3, -0.25) is 4.90 Å². The molecule has 1 aliphatic rings. The molecule has 4 nitrogen and oxygen atoms in total. The predicted molar refractivity (Wildman–Crippen MR) is 78.7 cm³/mol. The summed E-state index contributed by atoms with van der Waals surface area (Å²) >= 11 is 0. The first kappa shape index (κ1) is 14.4. The molecular weight excluding hydrogens is 252 g/mol. The zero-order chi connectivity index (χ0) is 14.7. The average molecular weight is 272 g/mol. The molecule has 1 amide bonds. The lowest BCUT2D eigenvalue weighted by Gasteiger charge is -2.23. The topological polar surface area (TPSA) is 32.8 Å². The molecular formula is C16H20N2O2. The van der Waals surface area contributed by atoms with Gasteiger partial charge in [-0.05, 0) is 37.1 Å². The predicted octanol–water partition coefficient (Wildman–Crippen LogP) is 2.30. The van der Waals surface area contributed by atoms with Crippen LogP contribution < -0.4 is 4.74 Å². The number of benzene rings is 1. The third-order valence-electron chi connectivity index (χ3n) is 3.63. The Bertz CT molecular complexity index is 546. The number of carbonyl (C=O) groups excluding carboxylic acids is 1. The van der Waals surface area contributed by atoms with Crippen molar-refractivity contribution in [2.75, 3.05) is 27.7 Å². The molecule has 0 aromatic heterocycles. The molecule has 1 atom stereocenters. The molecule has 1 unspecified atom stereocenters. The molecule has 0 fully saturated rings. The van der Waals surface area contributed by atoms with E-state index < -0.39 is 0 Å². The second-order valence-electron chi connectivity index (χ2n) is 5.26. The molecule has 4 heteroatoms. The van der Waals surface area contributed by atoms with Crippen molar-refractivity contribution in [2.24, 2.45) is 0 Å². The molecule has 1 aliphatic carbocycles. The minimum absolute atomic E-state index is 0.305. The first-order chi connectivity index (χ1) is 9.54.